The number of benzene rings is 2. The summed E-state index contributed by atoms with van der Waals surface area (Å²) in [6, 6.07) is 13.1. The second-order valence-corrected chi connectivity index (χ2v) is 10.5. The maximum absolute atomic E-state index is 13.4. The number of anilines is 2. The van der Waals surface area contributed by atoms with Gasteiger partial charge in [-0.1, -0.05) is 25.1 Å². The monoisotopic (exact) mass is 536 g/mol. The first kappa shape index (κ1) is 29.2. The molecule has 2 heterocycles. The molecule has 2 aliphatic heterocycles. The molecule has 4 rings (SSSR count). The molecular formula is C28H39F3N4OS. The lowest BCUT2D eigenvalue weighted by Gasteiger charge is -2.37. The third kappa shape index (κ3) is 7.80. The van der Waals surface area contributed by atoms with E-state index in [1.54, 1.807) is 12.3 Å². The highest BCUT2D eigenvalue weighted by atomic mass is 32.2. The van der Waals surface area contributed by atoms with Gasteiger partial charge in [-0.2, -0.15) is 13.2 Å². The van der Waals surface area contributed by atoms with Crippen LogP contribution >= 0.6 is 11.8 Å². The smallest absolute Gasteiger partial charge is 0.382 e. The molecule has 0 aromatic heterocycles. The van der Waals surface area contributed by atoms with Gasteiger partial charge in [-0.15, -0.1) is 11.8 Å². The van der Waals surface area contributed by atoms with Crippen molar-refractivity contribution in [2.24, 2.45) is 0 Å². The molecule has 0 spiro atoms. The van der Waals surface area contributed by atoms with Crippen LogP contribution in [0.1, 0.15) is 37.8 Å². The summed E-state index contributed by atoms with van der Waals surface area (Å²) in [5, 5.41) is 3.25. The largest absolute Gasteiger partial charge is 0.417 e. The molecule has 9 heteroatoms. The van der Waals surface area contributed by atoms with Gasteiger partial charge >= 0.3 is 6.18 Å². The van der Waals surface area contributed by atoms with Crippen molar-refractivity contribution in [3.8, 4) is 0 Å². The van der Waals surface area contributed by atoms with E-state index in [1.165, 1.54) is 23.4 Å². The quantitative estimate of drug-likeness (QED) is 0.441. The van der Waals surface area contributed by atoms with Gasteiger partial charge in [0.15, 0.2) is 0 Å². The van der Waals surface area contributed by atoms with Crippen LogP contribution in [0.2, 0.25) is 0 Å². The molecule has 0 radical (unpaired) electrons. The zero-order valence-electron chi connectivity index (χ0n) is 21.0. The van der Waals surface area contributed by atoms with Crippen LogP contribution in [0.15, 0.2) is 47.4 Å². The lowest BCUT2D eigenvalue weighted by molar-refractivity contribution is -0.139. The Bertz CT molecular complexity index is 1020. The highest BCUT2D eigenvalue weighted by Gasteiger charge is 2.34. The molecule has 5 nitrogen and oxygen atoms in total. The third-order valence-corrected chi connectivity index (χ3v) is 7.93. The van der Waals surface area contributed by atoms with Crippen LogP contribution in [0.5, 0.6) is 0 Å². The second-order valence-electron chi connectivity index (χ2n) is 9.63. The third-order valence-electron chi connectivity index (χ3n) is 7.14. The van der Waals surface area contributed by atoms with E-state index in [4.69, 9.17) is 0 Å². The zero-order chi connectivity index (χ0) is 25.7. The lowest BCUT2D eigenvalue weighted by atomic mass is 10.0. The number of nitrogens with zero attached hydrogens (tertiary/aromatic N) is 3. The number of amides is 1. The Balaban J connectivity index is 0.00000380. The van der Waals surface area contributed by atoms with E-state index < -0.39 is 11.7 Å². The maximum atomic E-state index is 13.4. The van der Waals surface area contributed by atoms with Gasteiger partial charge in [-0.05, 0) is 56.4 Å². The van der Waals surface area contributed by atoms with Crippen LogP contribution in [-0.2, 0) is 11.0 Å². The number of carbonyl (C=O) groups excluding carboxylic acids is 1. The number of halogens is 3. The number of rotatable bonds is 7. The Morgan fingerprint density at radius 3 is 2.24 bits per heavy atom. The van der Waals surface area contributed by atoms with Crippen LogP contribution in [0.25, 0.3) is 0 Å². The summed E-state index contributed by atoms with van der Waals surface area (Å²) in [4.78, 5) is 19.7. The van der Waals surface area contributed by atoms with Gasteiger partial charge in [0.25, 0.3) is 0 Å². The van der Waals surface area contributed by atoms with E-state index in [2.05, 4.69) is 46.3 Å². The Kier molecular flexibility index (Phi) is 10.2. The molecule has 0 saturated carbocycles. The second kappa shape index (κ2) is 12.9. The van der Waals surface area contributed by atoms with Gasteiger partial charge in [-0.25, -0.2) is 0 Å². The zero-order valence-corrected chi connectivity index (χ0v) is 21.8. The van der Waals surface area contributed by atoms with E-state index in [0.29, 0.717) is 25.2 Å². The molecule has 2 saturated heterocycles. The fourth-order valence-corrected chi connectivity index (χ4v) is 5.52. The van der Waals surface area contributed by atoms with Crippen molar-refractivity contribution in [3.05, 3.63) is 53.6 Å². The summed E-state index contributed by atoms with van der Waals surface area (Å²) in [6.07, 6.45) is -0.762. The van der Waals surface area contributed by atoms with Crippen molar-refractivity contribution in [1.29, 1.82) is 0 Å². The van der Waals surface area contributed by atoms with Crippen LogP contribution in [0.3, 0.4) is 0 Å². The minimum absolute atomic E-state index is 0. The first-order chi connectivity index (χ1) is 17.2. The number of hydrogen-bond acceptors (Lipinski definition) is 5. The van der Waals surface area contributed by atoms with Crippen LogP contribution in [-0.4, -0.2) is 73.8 Å². The van der Waals surface area contributed by atoms with Gasteiger partial charge in [0.2, 0.25) is 5.91 Å². The van der Waals surface area contributed by atoms with Crippen LogP contribution in [0.4, 0.5) is 24.5 Å². The Hall–Kier alpha value is -2.39. The predicted molar refractivity (Wildman–Crippen MR) is 148 cm³/mol. The van der Waals surface area contributed by atoms with Crippen LogP contribution in [0, 0.1) is 6.92 Å². The van der Waals surface area contributed by atoms with E-state index in [1.807, 2.05) is 4.90 Å². The Labute approximate surface area is 223 Å². The van der Waals surface area contributed by atoms with Crippen molar-refractivity contribution >= 4 is 29.0 Å². The minimum atomic E-state index is -4.38. The van der Waals surface area contributed by atoms with Crippen LogP contribution < -0.4 is 10.2 Å². The summed E-state index contributed by atoms with van der Waals surface area (Å²) >= 11 is 1.10. The van der Waals surface area contributed by atoms with Crippen molar-refractivity contribution in [3.63, 3.8) is 0 Å². The molecule has 204 valence electrons. The number of carbonyl (C=O) groups is 1. The van der Waals surface area contributed by atoms with Crippen molar-refractivity contribution in [2.75, 3.05) is 62.3 Å². The molecular weight excluding hydrogens is 497 g/mol. The van der Waals surface area contributed by atoms with Gasteiger partial charge in [-0.3, -0.25) is 9.69 Å². The van der Waals surface area contributed by atoms with E-state index >= 15 is 0 Å². The molecule has 2 aromatic carbocycles. The topological polar surface area (TPSA) is 38.8 Å². The van der Waals surface area contributed by atoms with Crippen molar-refractivity contribution in [2.45, 2.75) is 50.7 Å². The average Bonchev–Trinajstić information content (AvgIpc) is 2.88. The van der Waals surface area contributed by atoms with Crippen molar-refractivity contribution in [1.82, 2.24) is 9.80 Å². The van der Waals surface area contributed by atoms with Crippen molar-refractivity contribution < 1.29 is 18.0 Å². The normalized spacial score (nSPS) is 17.4. The minimum Gasteiger partial charge on any atom is -0.382 e. The molecule has 0 bridgehead atoms. The molecule has 1 N–H and O–H groups in total. The first-order valence-electron chi connectivity index (χ1n) is 12.6. The number of alkyl halides is 3. The van der Waals surface area contributed by atoms with E-state index in [9.17, 15) is 18.0 Å². The summed E-state index contributed by atoms with van der Waals surface area (Å²) in [7, 11) is 0. The highest BCUT2D eigenvalue weighted by molar-refractivity contribution is 7.98. The summed E-state index contributed by atoms with van der Waals surface area (Å²) in [6.45, 7) is 7.94. The number of hydrogen-bond donors (Lipinski definition) is 1. The van der Waals surface area contributed by atoms with Gasteiger partial charge in [0.05, 0.1) is 5.56 Å². The molecule has 1 amide bonds. The number of aryl methyl sites for hydroxylation is 1. The Morgan fingerprint density at radius 2 is 1.65 bits per heavy atom. The number of nitrogens with one attached hydrogen (secondary N) is 1. The average molecular weight is 537 g/mol. The number of piperazine rings is 1. The predicted octanol–water partition coefficient (Wildman–Crippen LogP) is 5.99. The lowest BCUT2D eigenvalue weighted by Crippen LogP contribution is -2.48. The van der Waals surface area contributed by atoms with E-state index in [0.717, 1.165) is 57.3 Å². The Morgan fingerprint density at radius 1 is 1.00 bits per heavy atom. The molecule has 0 atom stereocenters. The molecule has 2 aromatic rings. The van der Waals surface area contributed by atoms with Gasteiger partial charge < -0.3 is 15.1 Å². The molecule has 37 heavy (non-hydrogen) atoms. The fraction of sp³-hybridized carbons (Fsp3) is 0.536. The number of likely N-dealkylation sites (tertiary alicyclic amines) is 1. The standard InChI is InChI=1S/C27H35F3N4OS.CH4/c1-20-3-6-23(7-4-20)33-17-15-32(16-18-33)12-11-26(35)34-13-9-21(10-14-34)31-22-5-8-25(36-2)24(19-22)27(28,29)30;/h3-8,19,21,31H,9-18H2,1-2H3;1H4. The number of thioether (sulfide) groups is 1. The maximum Gasteiger partial charge on any atom is 0.417 e. The molecule has 2 aliphatic rings. The first-order valence-corrected chi connectivity index (χ1v) is 13.8. The summed E-state index contributed by atoms with van der Waals surface area (Å²) < 4.78 is 40.1. The molecule has 2 fully saturated rings. The molecule has 0 aliphatic carbocycles. The number of piperidine rings is 1. The summed E-state index contributed by atoms with van der Waals surface area (Å²) in [5.74, 6) is 0.165. The SMILES string of the molecule is C.CSc1ccc(NC2CCN(C(=O)CCN3CCN(c4ccc(C)cc4)CC3)CC2)cc1C(F)(F)F. The van der Waals surface area contributed by atoms with Gasteiger partial charge in [0, 0.05) is 74.5 Å². The highest BCUT2D eigenvalue weighted by Crippen LogP contribution is 2.37. The fourth-order valence-electron chi connectivity index (χ4n) is 4.93. The van der Waals surface area contributed by atoms with E-state index in [-0.39, 0.29) is 24.3 Å². The van der Waals surface area contributed by atoms with Gasteiger partial charge in [0.1, 0.15) is 0 Å². The summed E-state index contributed by atoms with van der Waals surface area (Å²) in [5.41, 5.74) is 2.39. The molecule has 0 unspecified atom stereocenters.